The van der Waals surface area contributed by atoms with Gasteiger partial charge in [0.15, 0.2) is 0 Å². The lowest BCUT2D eigenvalue weighted by Crippen LogP contribution is -2.36. The lowest BCUT2D eigenvalue weighted by molar-refractivity contribution is -0.132. The zero-order chi connectivity index (χ0) is 20.0. The first-order chi connectivity index (χ1) is 12.8. The number of aromatic nitrogens is 2. The van der Waals surface area contributed by atoms with Gasteiger partial charge in [0.05, 0.1) is 12.0 Å². The molecule has 1 fully saturated rings. The van der Waals surface area contributed by atoms with Gasteiger partial charge in [-0.25, -0.2) is 4.98 Å². The van der Waals surface area contributed by atoms with Gasteiger partial charge in [-0.15, -0.1) is 0 Å². The van der Waals surface area contributed by atoms with Crippen LogP contribution in [0.25, 0.3) is 0 Å². The number of aryl methyl sites for hydroxylation is 3. The molecule has 1 amide bonds. The van der Waals surface area contributed by atoms with Crippen molar-refractivity contribution in [2.24, 2.45) is 5.92 Å². The second-order valence-electron chi connectivity index (χ2n) is 7.57. The van der Waals surface area contributed by atoms with E-state index in [0.717, 1.165) is 11.4 Å². The van der Waals surface area contributed by atoms with Crippen LogP contribution in [0.2, 0.25) is 0 Å². The molecule has 0 unspecified atom stereocenters. The van der Waals surface area contributed by atoms with Crippen LogP contribution < -0.4 is 5.32 Å². The van der Waals surface area contributed by atoms with Gasteiger partial charge in [0.2, 0.25) is 5.91 Å². The van der Waals surface area contributed by atoms with Crippen LogP contribution in [0.5, 0.6) is 0 Å². The quantitative estimate of drug-likeness (QED) is 0.850. The summed E-state index contributed by atoms with van der Waals surface area (Å²) in [5, 5.41) is 13.5. The number of piperidine rings is 1. The summed E-state index contributed by atoms with van der Waals surface area (Å²) in [7, 11) is 0. The minimum atomic E-state index is 0.00927. The summed E-state index contributed by atoms with van der Waals surface area (Å²) in [5.74, 6) is 0.0707. The molecule has 1 saturated heterocycles. The van der Waals surface area contributed by atoms with Gasteiger partial charge in [-0.3, -0.25) is 4.79 Å². The van der Waals surface area contributed by atoms with E-state index >= 15 is 0 Å². The Morgan fingerprint density at radius 3 is 2.33 bits per heavy atom. The van der Waals surface area contributed by atoms with Crippen molar-refractivity contribution in [1.29, 1.82) is 0 Å². The smallest absolute Gasteiger partial charge is 0.227 e. The van der Waals surface area contributed by atoms with Gasteiger partial charge in [0, 0.05) is 36.9 Å². The first-order valence-corrected chi connectivity index (χ1v) is 9.58. The number of hydroxylamine groups is 2. The lowest BCUT2D eigenvalue weighted by Gasteiger charge is -2.26. The number of hydrogen-bond acceptors (Lipinski definition) is 4. The van der Waals surface area contributed by atoms with Gasteiger partial charge >= 0.3 is 0 Å². The Morgan fingerprint density at radius 1 is 1.19 bits per heavy atom. The van der Waals surface area contributed by atoms with E-state index < -0.39 is 0 Å². The number of nitrogens with one attached hydrogen (secondary N) is 1. The van der Waals surface area contributed by atoms with Gasteiger partial charge in [-0.2, -0.15) is 5.06 Å². The predicted molar refractivity (Wildman–Crippen MR) is 108 cm³/mol. The van der Waals surface area contributed by atoms with E-state index in [9.17, 15) is 10.0 Å². The van der Waals surface area contributed by atoms with Crippen molar-refractivity contribution in [3.8, 4) is 0 Å². The number of amides is 1. The average Bonchev–Trinajstić information content (AvgIpc) is 3.06. The number of hydrogen-bond donors (Lipinski definition) is 2. The van der Waals surface area contributed by atoms with Crippen LogP contribution in [-0.4, -0.2) is 38.8 Å². The van der Waals surface area contributed by atoms with E-state index in [0.29, 0.717) is 32.0 Å². The van der Waals surface area contributed by atoms with Crippen molar-refractivity contribution < 1.29 is 10.0 Å². The van der Waals surface area contributed by atoms with Crippen molar-refractivity contribution in [3.63, 3.8) is 0 Å². The zero-order valence-electron chi connectivity index (χ0n) is 17.1. The second kappa shape index (κ2) is 9.67. The molecule has 1 aliphatic rings. The Labute approximate surface area is 162 Å². The Hall–Kier alpha value is -2.18. The fourth-order valence-electron chi connectivity index (χ4n) is 2.91. The Morgan fingerprint density at radius 2 is 1.85 bits per heavy atom. The van der Waals surface area contributed by atoms with Crippen LogP contribution in [0.1, 0.15) is 49.6 Å². The molecule has 2 aromatic rings. The molecule has 1 aliphatic heterocycles. The van der Waals surface area contributed by atoms with Crippen molar-refractivity contribution in [2.45, 2.75) is 53.5 Å². The molecule has 0 radical (unpaired) electrons. The Kier molecular flexibility index (Phi) is 7.56. The van der Waals surface area contributed by atoms with Crippen LogP contribution in [0.4, 0.5) is 5.69 Å². The third-order valence-electron chi connectivity index (χ3n) is 4.94. The van der Waals surface area contributed by atoms with Crippen LogP contribution in [-0.2, 0) is 4.79 Å². The van der Waals surface area contributed by atoms with Crippen molar-refractivity contribution in [1.82, 2.24) is 14.6 Å². The van der Waals surface area contributed by atoms with Gasteiger partial charge in [-0.1, -0.05) is 6.07 Å². The van der Waals surface area contributed by atoms with Crippen LogP contribution in [0.3, 0.4) is 0 Å². The Bertz CT molecular complexity index is 746. The fourth-order valence-corrected chi connectivity index (χ4v) is 2.91. The minimum Gasteiger partial charge on any atom is -0.335 e. The second-order valence-corrected chi connectivity index (χ2v) is 7.57. The van der Waals surface area contributed by atoms with Crippen LogP contribution in [0.15, 0.2) is 30.7 Å². The first-order valence-electron chi connectivity index (χ1n) is 9.58. The van der Waals surface area contributed by atoms with Gasteiger partial charge in [-0.05, 0) is 70.7 Å². The third kappa shape index (κ3) is 6.48. The molecule has 1 aromatic heterocycles. The van der Waals surface area contributed by atoms with E-state index in [4.69, 9.17) is 0 Å². The first kappa shape index (κ1) is 21.1. The van der Waals surface area contributed by atoms with E-state index in [-0.39, 0.29) is 11.8 Å². The molecule has 2 N–H and O–H groups in total. The normalized spacial score (nSPS) is 15.4. The summed E-state index contributed by atoms with van der Waals surface area (Å²) in [4.78, 5) is 16.2. The van der Waals surface area contributed by atoms with Gasteiger partial charge in [0.25, 0.3) is 0 Å². The molecule has 27 heavy (non-hydrogen) atoms. The summed E-state index contributed by atoms with van der Waals surface area (Å²) < 4.78 is 2.09. The minimum absolute atomic E-state index is 0.00927. The predicted octanol–water partition coefficient (Wildman–Crippen LogP) is 4.12. The molecular weight excluding hydrogens is 340 g/mol. The van der Waals surface area contributed by atoms with Crippen molar-refractivity contribution in [2.75, 3.05) is 18.4 Å². The largest absolute Gasteiger partial charge is 0.335 e. The van der Waals surface area contributed by atoms with Crippen LogP contribution in [0, 0.1) is 26.7 Å². The molecule has 1 aromatic carbocycles. The Balaban J connectivity index is 0.000000244. The number of benzene rings is 1. The molecular formula is C21H32N4O2. The molecule has 148 valence electrons. The van der Waals surface area contributed by atoms with Gasteiger partial charge in [0.1, 0.15) is 0 Å². The standard InChI is InChI=1S/C14H20N2O2.C7H12N2/c1-10-3-4-13(9-11(10)2)15-14(17)12-5-7-16(18)8-6-12;1-6(2)9-4-7(3)8-5-9/h3-4,9,12,18H,5-8H2,1-2H3,(H,15,17);4-6H,1-3H3. The molecule has 0 aliphatic carbocycles. The lowest BCUT2D eigenvalue weighted by atomic mass is 9.97. The molecule has 0 bridgehead atoms. The fraction of sp³-hybridized carbons (Fsp3) is 0.524. The number of nitrogens with zero attached hydrogens (tertiary/aromatic N) is 3. The maximum atomic E-state index is 12.1. The van der Waals surface area contributed by atoms with E-state index in [1.165, 1.54) is 16.2 Å². The summed E-state index contributed by atoms with van der Waals surface area (Å²) in [6, 6.07) is 6.48. The molecule has 3 rings (SSSR count). The summed E-state index contributed by atoms with van der Waals surface area (Å²) in [5.41, 5.74) is 4.35. The van der Waals surface area contributed by atoms with E-state index in [1.807, 2.05) is 44.6 Å². The highest BCUT2D eigenvalue weighted by Gasteiger charge is 2.24. The monoisotopic (exact) mass is 372 g/mol. The number of imidazole rings is 1. The number of carbonyl (C=O) groups is 1. The molecule has 6 heteroatoms. The van der Waals surface area contributed by atoms with Crippen molar-refractivity contribution >= 4 is 11.6 Å². The number of rotatable bonds is 3. The summed E-state index contributed by atoms with van der Waals surface area (Å²) in [6.07, 6.45) is 5.34. The molecule has 0 atom stereocenters. The maximum absolute atomic E-state index is 12.1. The van der Waals surface area contributed by atoms with E-state index in [2.05, 4.69) is 35.6 Å². The highest BCUT2D eigenvalue weighted by molar-refractivity contribution is 5.92. The molecule has 0 spiro atoms. The number of carbonyl (C=O) groups excluding carboxylic acids is 1. The third-order valence-corrected chi connectivity index (χ3v) is 4.94. The summed E-state index contributed by atoms with van der Waals surface area (Å²) in [6.45, 7) is 11.5. The highest BCUT2D eigenvalue weighted by Crippen LogP contribution is 2.20. The van der Waals surface area contributed by atoms with E-state index in [1.54, 1.807) is 0 Å². The maximum Gasteiger partial charge on any atom is 0.227 e. The topological polar surface area (TPSA) is 70.4 Å². The SMILES string of the molecule is Cc1ccc(NC(=O)C2CCN(O)CC2)cc1C.Cc1cn(C(C)C)cn1. The molecule has 6 nitrogen and oxygen atoms in total. The molecule has 0 saturated carbocycles. The van der Waals surface area contributed by atoms with Gasteiger partial charge < -0.3 is 15.1 Å². The average molecular weight is 373 g/mol. The molecule has 2 heterocycles. The zero-order valence-corrected chi connectivity index (χ0v) is 17.1. The van der Waals surface area contributed by atoms with Crippen LogP contribution >= 0.6 is 0 Å². The summed E-state index contributed by atoms with van der Waals surface area (Å²) >= 11 is 0. The van der Waals surface area contributed by atoms with Crippen molar-refractivity contribution in [3.05, 3.63) is 47.5 Å². The highest BCUT2D eigenvalue weighted by atomic mass is 16.5. The number of anilines is 1.